The first kappa shape index (κ1) is 22.2. The van der Waals surface area contributed by atoms with Crippen molar-refractivity contribution in [3.8, 4) is 16.9 Å². The lowest BCUT2D eigenvalue weighted by atomic mass is 9.63. The van der Waals surface area contributed by atoms with E-state index in [9.17, 15) is 13.2 Å². The second-order valence-corrected chi connectivity index (χ2v) is 9.56. The van der Waals surface area contributed by atoms with Crippen LogP contribution in [0.5, 0.6) is 5.75 Å². The number of methoxy groups -OCH3 is 1. The minimum Gasteiger partial charge on any atom is -0.491 e. The molecule has 0 saturated heterocycles. The van der Waals surface area contributed by atoms with Crippen LogP contribution in [0, 0.1) is 35.2 Å². The lowest BCUT2D eigenvalue weighted by molar-refractivity contribution is 0.113. The Hall–Kier alpha value is -1.97. The quantitative estimate of drug-likeness (QED) is 0.448. The molecule has 2 aromatic rings. The Kier molecular flexibility index (Phi) is 6.93. The SMILES string of the molecule is CCCCC1CCC2CC(c3ccc(-c4cc(F)c(OC)c(F)c4)c(F)c3)CCC2C1. The third-order valence-corrected chi connectivity index (χ3v) is 7.67. The summed E-state index contributed by atoms with van der Waals surface area (Å²) in [5.41, 5.74) is 1.42. The molecule has 2 aliphatic carbocycles. The van der Waals surface area contributed by atoms with Crippen LogP contribution in [0.3, 0.4) is 0 Å². The fraction of sp³-hybridized carbons (Fsp3) is 0.556. The van der Waals surface area contributed by atoms with Gasteiger partial charge < -0.3 is 4.74 Å². The second-order valence-electron chi connectivity index (χ2n) is 9.56. The third-order valence-electron chi connectivity index (χ3n) is 7.67. The minimum atomic E-state index is -0.825. The number of fused-ring (bicyclic) bond motifs is 1. The smallest absolute Gasteiger partial charge is 0.190 e. The lowest BCUT2D eigenvalue weighted by Crippen LogP contribution is -2.30. The molecule has 168 valence electrons. The largest absolute Gasteiger partial charge is 0.491 e. The zero-order valence-electron chi connectivity index (χ0n) is 18.6. The molecule has 0 spiro atoms. The van der Waals surface area contributed by atoms with Crippen molar-refractivity contribution in [1.29, 1.82) is 0 Å². The van der Waals surface area contributed by atoms with Crippen molar-refractivity contribution in [1.82, 2.24) is 0 Å². The summed E-state index contributed by atoms with van der Waals surface area (Å²) in [5.74, 6) is 0.350. The van der Waals surface area contributed by atoms with Crippen LogP contribution >= 0.6 is 0 Å². The van der Waals surface area contributed by atoms with Crippen LogP contribution in [0.2, 0.25) is 0 Å². The summed E-state index contributed by atoms with van der Waals surface area (Å²) in [5, 5.41) is 0. The van der Waals surface area contributed by atoms with E-state index in [0.29, 0.717) is 5.92 Å². The molecule has 2 fully saturated rings. The van der Waals surface area contributed by atoms with Gasteiger partial charge in [-0.3, -0.25) is 0 Å². The number of halogens is 3. The van der Waals surface area contributed by atoms with Gasteiger partial charge in [-0.2, -0.15) is 0 Å². The Morgan fingerprint density at radius 1 is 0.871 bits per heavy atom. The number of hydrogen-bond acceptors (Lipinski definition) is 1. The van der Waals surface area contributed by atoms with E-state index in [0.717, 1.165) is 48.3 Å². The van der Waals surface area contributed by atoms with Gasteiger partial charge in [0.1, 0.15) is 5.82 Å². The van der Waals surface area contributed by atoms with Crippen LogP contribution in [0.25, 0.3) is 11.1 Å². The molecule has 0 aromatic heterocycles. The fourth-order valence-corrected chi connectivity index (χ4v) is 5.97. The van der Waals surface area contributed by atoms with Crippen LogP contribution in [0.4, 0.5) is 13.2 Å². The van der Waals surface area contributed by atoms with Crippen molar-refractivity contribution in [3.05, 3.63) is 53.3 Å². The summed E-state index contributed by atoms with van der Waals surface area (Å²) in [6.45, 7) is 2.27. The predicted molar refractivity (Wildman–Crippen MR) is 119 cm³/mol. The molecule has 0 N–H and O–H groups in total. The molecule has 0 aliphatic heterocycles. The predicted octanol–water partition coefficient (Wildman–Crippen LogP) is 8.27. The number of ether oxygens (including phenoxy) is 1. The normalized spacial score (nSPS) is 25.8. The summed E-state index contributed by atoms with van der Waals surface area (Å²) in [4.78, 5) is 0. The van der Waals surface area contributed by atoms with Crippen LogP contribution in [0.15, 0.2) is 30.3 Å². The molecule has 31 heavy (non-hydrogen) atoms. The highest BCUT2D eigenvalue weighted by Crippen LogP contribution is 2.48. The Bertz CT molecular complexity index is 886. The maximum Gasteiger partial charge on any atom is 0.190 e. The van der Waals surface area contributed by atoms with E-state index in [-0.39, 0.29) is 11.1 Å². The van der Waals surface area contributed by atoms with Crippen molar-refractivity contribution in [3.63, 3.8) is 0 Å². The van der Waals surface area contributed by atoms with Gasteiger partial charge in [0.05, 0.1) is 7.11 Å². The molecule has 0 amide bonds. The van der Waals surface area contributed by atoms with E-state index in [1.165, 1.54) is 52.1 Å². The van der Waals surface area contributed by atoms with Crippen molar-refractivity contribution < 1.29 is 17.9 Å². The zero-order valence-corrected chi connectivity index (χ0v) is 18.6. The summed E-state index contributed by atoms with van der Waals surface area (Å²) < 4.78 is 47.8. The van der Waals surface area contributed by atoms with Gasteiger partial charge in [0.15, 0.2) is 17.4 Å². The average molecular weight is 431 g/mol. The van der Waals surface area contributed by atoms with E-state index in [1.807, 2.05) is 6.07 Å². The second kappa shape index (κ2) is 9.67. The monoisotopic (exact) mass is 430 g/mol. The molecule has 4 rings (SSSR count). The highest BCUT2D eigenvalue weighted by molar-refractivity contribution is 5.66. The van der Waals surface area contributed by atoms with Gasteiger partial charge in [-0.15, -0.1) is 0 Å². The number of rotatable bonds is 6. The van der Waals surface area contributed by atoms with Crippen molar-refractivity contribution in [2.75, 3.05) is 7.11 Å². The average Bonchev–Trinajstić information content (AvgIpc) is 2.77. The van der Waals surface area contributed by atoms with E-state index >= 15 is 0 Å². The van der Waals surface area contributed by atoms with Crippen molar-refractivity contribution in [2.24, 2.45) is 17.8 Å². The summed E-state index contributed by atoms with van der Waals surface area (Å²) in [7, 11) is 1.21. The Morgan fingerprint density at radius 3 is 2.26 bits per heavy atom. The number of unbranched alkanes of at least 4 members (excludes halogenated alkanes) is 1. The molecule has 0 heterocycles. The van der Waals surface area contributed by atoms with E-state index in [1.54, 1.807) is 12.1 Å². The van der Waals surface area contributed by atoms with Gasteiger partial charge in [-0.1, -0.05) is 44.7 Å². The third kappa shape index (κ3) is 4.78. The van der Waals surface area contributed by atoms with Crippen LogP contribution in [-0.2, 0) is 0 Å². The molecule has 1 nitrogen and oxygen atoms in total. The lowest BCUT2D eigenvalue weighted by Gasteiger charge is -2.42. The first-order valence-electron chi connectivity index (χ1n) is 11.8. The summed E-state index contributed by atoms with van der Waals surface area (Å²) in [6.07, 6.45) is 11.5. The molecule has 0 bridgehead atoms. The number of benzene rings is 2. The zero-order chi connectivity index (χ0) is 22.0. The summed E-state index contributed by atoms with van der Waals surface area (Å²) in [6, 6.07) is 7.44. The van der Waals surface area contributed by atoms with Crippen LogP contribution < -0.4 is 4.74 Å². The molecular weight excluding hydrogens is 397 g/mol. The highest BCUT2D eigenvalue weighted by Gasteiger charge is 2.35. The molecule has 4 unspecified atom stereocenters. The maximum absolute atomic E-state index is 15.0. The van der Waals surface area contributed by atoms with Crippen LogP contribution in [0.1, 0.15) is 76.2 Å². The molecule has 4 heteroatoms. The first-order valence-corrected chi connectivity index (χ1v) is 11.8. The van der Waals surface area contributed by atoms with E-state index < -0.39 is 23.2 Å². The molecule has 0 radical (unpaired) electrons. The van der Waals surface area contributed by atoms with Gasteiger partial charge in [0.2, 0.25) is 0 Å². The van der Waals surface area contributed by atoms with Crippen molar-refractivity contribution in [2.45, 2.75) is 70.6 Å². The topological polar surface area (TPSA) is 9.23 Å². The fourth-order valence-electron chi connectivity index (χ4n) is 5.97. The summed E-state index contributed by atoms with van der Waals surface area (Å²) >= 11 is 0. The molecule has 2 aliphatic rings. The standard InChI is InChI=1S/C27H33F3O/c1-3-4-5-17-6-7-19-13-20(9-8-18(19)12-17)21-10-11-23(24(28)14-21)22-15-25(29)27(31-2)26(30)16-22/h10-11,14-20H,3-9,12-13H2,1-2H3. The van der Waals surface area contributed by atoms with Gasteiger partial charge in [0.25, 0.3) is 0 Å². The first-order chi connectivity index (χ1) is 15.0. The van der Waals surface area contributed by atoms with Gasteiger partial charge in [-0.05, 0) is 85.1 Å². The van der Waals surface area contributed by atoms with Crippen LogP contribution in [-0.4, -0.2) is 7.11 Å². The van der Waals surface area contributed by atoms with Crippen molar-refractivity contribution >= 4 is 0 Å². The Morgan fingerprint density at radius 2 is 1.58 bits per heavy atom. The van der Waals surface area contributed by atoms with Gasteiger partial charge >= 0.3 is 0 Å². The molecule has 2 aromatic carbocycles. The Labute approximate surface area is 184 Å². The van der Waals surface area contributed by atoms with Gasteiger partial charge in [-0.25, -0.2) is 13.2 Å². The maximum atomic E-state index is 15.0. The minimum absolute atomic E-state index is 0.189. The van der Waals surface area contributed by atoms with E-state index in [4.69, 9.17) is 4.74 Å². The van der Waals surface area contributed by atoms with E-state index in [2.05, 4.69) is 6.92 Å². The Balaban J connectivity index is 1.46. The number of hydrogen-bond donors (Lipinski definition) is 0. The molecule has 2 saturated carbocycles. The highest BCUT2D eigenvalue weighted by atomic mass is 19.1. The molecular formula is C27H33F3O. The molecule has 4 atom stereocenters. The van der Waals surface area contributed by atoms with Gasteiger partial charge in [0, 0.05) is 5.56 Å².